The first-order valence-electron chi connectivity index (χ1n) is 19.2. The predicted octanol–water partition coefficient (Wildman–Crippen LogP) is 15.5. The standard InChI is InChI=1S/C54H35NO/c1-3-14-36(15-4-1)37-26-28-38(29-27-37)39-16-13-19-42(34-39)55(41-17-5-2-6-18-41)50-24-11-9-20-43(50)40-30-31-45-44-21-7-8-22-46(44)53-47(49(45)35-40)32-33-52-54(53)48-23-10-12-25-51(48)56-52/h1-35H. The molecule has 0 aliphatic carbocycles. The van der Waals surface area contributed by atoms with Crippen molar-refractivity contribution in [1.29, 1.82) is 0 Å². The van der Waals surface area contributed by atoms with E-state index in [1.54, 1.807) is 0 Å². The maximum absolute atomic E-state index is 6.40. The molecule has 10 aromatic carbocycles. The van der Waals surface area contributed by atoms with Gasteiger partial charge in [0.2, 0.25) is 0 Å². The molecule has 11 rings (SSSR count). The number of nitrogens with zero attached hydrogens (tertiary/aromatic N) is 1. The van der Waals surface area contributed by atoms with Crippen LogP contribution in [0.3, 0.4) is 0 Å². The Morgan fingerprint density at radius 2 is 0.839 bits per heavy atom. The quantitative estimate of drug-likeness (QED) is 0.160. The Morgan fingerprint density at radius 3 is 1.66 bits per heavy atom. The van der Waals surface area contributed by atoms with Crippen LogP contribution in [0.4, 0.5) is 17.1 Å². The average molecular weight is 714 g/mol. The number of para-hydroxylation sites is 3. The van der Waals surface area contributed by atoms with Gasteiger partial charge in [-0.3, -0.25) is 0 Å². The fourth-order valence-corrected chi connectivity index (χ4v) is 8.65. The van der Waals surface area contributed by atoms with Crippen LogP contribution in [0.15, 0.2) is 217 Å². The lowest BCUT2D eigenvalue weighted by Gasteiger charge is -2.28. The maximum Gasteiger partial charge on any atom is 0.136 e. The molecule has 0 aliphatic heterocycles. The number of hydrogen-bond donors (Lipinski definition) is 0. The second kappa shape index (κ2) is 13.2. The van der Waals surface area contributed by atoms with Gasteiger partial charge in [0.25, 0.3) is 0 Å². The first kappa shape index (κ1) is 32.0. The lowest BCUT2D eigenvalue weighted by molar-refractivity contribution is 0.669. The molecular formula is C54H35NO. The van der Waals surface area contributed by atoms with Crippen molar-refractivity contribution in [2.45, 2.75) is 0 Å². The predicted molar refractivity (Wildman–Crippen MR) is 237 cm³/mol. The highest BCUT2D eigenvalue weighted by Gasteiger charge is 2.20. The minimum Gasteiger partial charge on any atom is -0.456 e. The smallest absolute Gasteiger partial charge is 0.136 e. The summed E-state index contributed by atoms with van der Waals surface area (Å²) in [5, 5.41) is 9.73. The lowest BCUT2D eigenvalue weighted by Crippen LogP contribution is -2.11. The summed E-state index contributed by atoms with van der Waals surface area (Å²) in [6, 6.07) is 76.4. The van der Waals surface area contributed by atoms with E-state index in [-0.39, 0.29) is 0 Å². The molecule has 0 aliphatic rings. The highest BCUT2D eigenvalue weighted by atomic mass is 16.3. The number of rotatable bonds is 6. The van der Waals surface area contributed by atoms with Gasteiger partial charge in [0.1, 0.15) is 11.2 Å². The summed E-state index contributed by atoms with van der Waals surface area (Å²) in [6.45, 7) is 0. The van der Waals surface area contributed by atoms with Crippen molar-refractivity contribution in [2.75, 3.05) is 4.90 Å². The fourth-order valence-electron chi connectivity index (χ4n) is 8.65. The van der Waals surface area contributed by atoms with Gasteiger partial charge in [-0.25, -0.2) is 0 Å². The van der Waals surface area contributed by atoms with Gasteiger partial charge in [-0.1, -0.05) is 158 Å². The van der Waals surface area contributed by atoms with Crippen molar-refractivity contribution in [2.24, 2.45) is 0 Å². The minimum atomic E-state index is 0.913. The van der Waals surface area contributed by atoms with Crippen molar-refractivity contribution in [1.82, 2.24) is 0 Å². The van der Waals surface area contributed by atoms with Crippen LogP contribution in [-0.4, -0.2) is 0 Å². The molecule has 0 radical (unpaired) electrons. The molecule has 56 heavy (non-hydrogen) atoms. The first-order valence-corrected chi connectivity index (χ1v) is 19.2. The largest absolute Gasteiger partial charge is 0.456 e. The van der Waals surface area contributed by atoms with E-state index in [0.717, 1.165) is 44.7 Å². The highest BCUT2D eigenvalue weighted by Crippen LogP contribution is 2.46. The number of benzene rings is 10. The number of furan rings is 1. The number of anilines is 3. The molecule has 0 bridgehead atoms. The zero-order chi connectivity index (χ0) is 37.0. The topological polar surface area (TPSA) is 16.4 Å². The summed E-state index contributed by atoms with van der Waals surface area (Å²) in [4.78, 5) is 2.39. The van der Waals surface area contributed by atoms with Gasteiger partial charge in [0.15, 0.2) is 0 Å². The second-order valence-electron chi connectivity index (χ2n) is 14.4. The molecule has 11 aromatic rings. The van der Waals surface area contributed by atoms with Crippen molar-refractivity contribution in [3.63, 3.8) is 0 Å². The average Bonchev–Trinajstić information content (AvgIpc) is 3.66. The molecule has 1 aromatic heterocycles. The van der Waals surface area contributed by atoms with E-state index in [1.807, 2.05) is 6.07 Å². The molecule has 0 saturated heterocycles. The van der Waals surface area contributed by atoms with Crippen molar-refractivity contribution in [3.05, 3.63) is 212 Å². The van der Waals surface area contributed by atoms with Crippen LogP contribution in [0, 0.1) is 0 Å². The molecule has 0 spiro atoms. The molecule has 2 nitrogen and oxygen atoms in total. The molecular weight excluding hydrogens is 679 g/mol. The first-order chi connectivity index (χ1) is 27.8. The summed E-state index contributed by atoms with van der Waals surface area (Å²) in [5.74, 6) is 0. The summed E-state index contributed by atoms with van der Waals surface area (Å²) >= 11 is 0. The van der Waals surface area contributed by atoms with Crippen LogP contribution in [0.25, 0.3) is 87.6 Å². The van der Waals surface area contributed by atoms with Crippen LogP contribution in [0.1, 0.15) is 0 Å². The summed E-state index contributed by atoms with van der Waals surface area (Å²) in [5.41, 5.74) is 12.2. The number of hydrogen-bond acceptors (Lipinski definition) is 2. The van der Waals surface area contributed by atoms with Crippen LogP contribution >= 0.6 is 0 Å². The van der Waals surface area contributed by atoms with Gasteiger partial charge in [-0.15, -0.1) is 0 Å². The summed E-state index contributed by atoms with van der Waals surface area (Å²) in [7, 11) is 0. The Bertz CT molecular complexity index is 3230. The van der Waals surface area contributed by atoms with Crippen LogP contribution < -0.4 is 4.90 Å². The van der Waals surface area contributed by atoms with Gasteiger partial charge in [0, 0.05) is 33.1 Å². The van der Waals surface area contributed by atoms with Gasteiger partial charge in [-0.2, -0.15) is 0 Å². The Hall–Kier alpha value is -7.42. The maximum atomic E-state index is 6.40. The van der Waals surface area contributed by atoms with Gasteiger partial charge in [-0.05, 0) is 109 Å². The van der Waals surface area contributed by atoms with E-state index in [0.29, 0.717) is 0 Å². The number of fused-ring (bicyclic) bond motifs is 10. The molecule has 0 unspecified atom stereocenters. The van der Waals surface area contributed by atoms with Crippen LogP contribution in [0.5, 0.6) is 0 Å². The van der Waals surface area contributed by atoms with Gasteiger partial charge >= 0.3 is 0 Å². The molecule has 0 saturated carbocycles. The Labute approximate surface area is 325 Å². The fraction of sp³-hybridized carbons (Fsp3) is 0. The molecule has 0 amide bonds. The van der Waals surface area contributed by atoms with E-state index in [1.165, 1.54) is 60.0 Å². The van der Waals surface area contributed by atoms with Crippen molar-refractivity contribution >= 4 is 71.3 Å². The van der Waals surface area contributed by atoms with E-state index >= 15 is 0 Å². The van der Waals surface area contributed by atoms with Gasteiger partial charge < -0.3 is 9.32 Å². The van der Waals surface area contributed by atoms with E-state index in [4.69, 9.17) is 4.42 Å². The summed E-state index contributed by atoms with van der Waals surface area (Å²) < 4.78 is 6.40. The third-order valence-corrected chi connectivity index (χ3v) is 11.2. The Morgan fingerprint density at radius 1 is 0.286 bits per heavy atom. The zero-order valence-electron chi connectivity index (χ0n) is 30.6. The van der Waals surface area contributed by atoms with Crippen LogP contribution in [0.2, 0.25) is 0 Å². The van der Waals surface area contributed by atoms with E-state index in [9.17, 15) is 0 Å². The van der Waals surface area contributed by atoms with Crippen molar-refractivity contribution in [3.8, 4) is 33.4 Å². The third kappa shape index (κ3) is 5.26. The molecule has 0 atom stereocenters. The van der Waals surface area contributed by atoms with Gasteiger partial charge in [0.05, 0.1) is 5.69 Å². The normalized spacial score (nSPS) is 11.6. The molecule has 2 heteroatoms. The Balaban J connectivity index is 1.09. The van der Waals surface area contributed by atoms with E-state index in [2.05, 4.69) is 211 Å². The van der Waals surface area contributed by atoms with Crippen molar-refractivity contribution < 1.29 is 4.42 Å². The lowest BCUT2D eigenvalue weighted by atomic mass is 9.90. The molecule has 262 valence electrons. The van der Waals surface area contributed by atoms with E-state index < -0.39 is 0 Å². The molecule has 0 N–H and O–H groups in total. The highest BCUT2D eigenvalue weighted by molar-refractivity contribution is 6.34. The minimum absolute atomic E-state index is 0.913. The molecule has 1 heterocycles. The molecule has 0 fully saturated rings. The zero-order valence-corrected chi connectivity index (χ0v) is 30.6. The second-order valence-corrected chi connectivity index (χ2v) is 14.4. The SMILES string of the molecule is c1ccc(-c2ccc(-c3cccc(N(c4ccccc4)c4ccccc4-c4ccc5c6ccccc6c6c(ccc7oc8ccccc8c76)c5c4)c3)cc2)cc1. The summed E-state index contributed by atoms with van der Waals surface area (Å²) in [6.07, 6.45) is 0. The third-order valence-electron chi connectivity index (χ3n) is 11.2. The monoisotopic (exact) mass is 713 g/mol. The van der Waals surface area contributed by atoms with Crippen LogP contribution in [-0.2, 0) is 0 Å². The Kier molecular flexibility index (Phi) is 7.53.